The predicted octanol–water partition coefficient (Wildman–Crippen LogP) is 2.37. The second-order valence-corrected chi connectivity index (χ2v) is 6.54. The summed E-state index contributed by atoms with van der Waals surface area (Å²) in [6.07, 6.45) is 6.20. The van der Waals surface area contributed by atoms with Gasteiger partial charge in [-0.2, -0.15) is 5.10 Å². The summed E-state index contributed by atoms with van der Waals surface area (Å²) in [6, 6.07) is 6.27. The van der Waals surface area contributed by atoms with E-state index >= 15 is 0 Å². The minimum Gasteiger partial charge on any atom is -0.463 e. The number of nitrogens with zero attached hydrogens (tertiary/aromatic N) is 3. The monoisotopic (exact) mass is 314 g/mol. The number of furan rings is 1. The first-order valence-corrected chi connectivity index (χ1v) is 8.34. The molecule has 6 heteroatoms. The molecule has 0 aromatic carbocycles. The van der Waals surface area contributed by atoms with E-state index in [1.54, 1.807) is 12.3 Å². The number of carbonyl (C=O) groups is 1. The fraction of sp³-hybridized carbons (Fsp3) is 0.529. The molecule has 4 heterocycles. The number of hydrogen-bond donors (Lipinski definition) is 1. The number of hydrogen-bond acceptors (Lipinski definition) is 4. The molecule has 23 heavy (non-hydrogen) atoms. The number of likely N-dealkylation sites (N-methyl/N-ethyl adjacent to an activating group) is 1. The van der Waals surface area contributed by atoms with Crippen LogP contribution in [0, 0.1) is 0 Å². The molecule has 6 nitrogen and oxygen atoms in total. The number of rotatable bonds is 3. The Hall–Kier alpha value is -2.08. The van der Waals surface area contributed by atoms with Crippen molar-refractivity contribution in [1.82, 2.24) is 20.0 Å². The zero-order valence-electron chi connectivity index (χ0n) is 13.4. The van der Waals surface area contributed by atoms with Gasteiger partial charge in [0.2, 0.25) is 0 Å². The highest BCUT2D eigenvalue weighted by molar-refractivity contribution is 5.93. The average molecular weight is 314 g/mol. The first-order valence-electron chi connectivity index (χ1n) is 8.34. The van der Waals surface area contributed by atoms with Crippen molar-refractivity contribution in [3.8, 4) is 11.5 Å². The van der Waals surface area contributed by atoms with Crippen LogP contribution in [0.1, 0.15) is 36.2 Å². The lowest BCUT2D eigenvalue weighted by Crippen LogP contribution is -2.47. The number of H-pyrrole nitrogens is 1. The van der Waals surface area contributed by atoms with Gasteiger partial charge in [-0.05, 0) is 51.4 Å². The highest BCUT2D eigenvalue weighted by atomic mass is 16.3. The lowest BCUT2D eigenvalue weighted by molar-refractivity contribution is 0.0658. The van der Waals surface area contributed by atoms with Crippen LogP contribution in [0.2, 0.25) is 0 Å². The van der Waals surface area contributed by atoms with Crippen molar-refractivity contribution in [2.75, 3.05) is 20.1 Å². The maximum atomic E-state index is 12.9. The van der Waals surface area contributed by atoms with Crippen molar-refractivity contribution in [3.63, 3.8) is 0 Å². The van der Waals surface area contributed by atoms with Gasteiger partial charge in [0.15, 0.2) is 11.5 Å². The van der Waals surface area contributed by atoms with Crippen LogP contribution in [-0.2, 0) is 0 Å². The fourth-order valence-electron chi connectivity index (χ4n) is 4.00. The van der Waals surface area contributed by atoms with Gasteiger partial charge in [0, 0.05) is 24.7 Å². The number of aromatic amines is 1. The van der Waals surface area contributed by atoms with Gasteiger partial charge in [0.05, 0.1) is 6.26 Å². The molecular weight excluding hydrogens is 292 g/mol. The van der Waals surface area contributed by atoms with E-state index in [0.717, 1.165) is 31.6 Å². The summed E-state index contributed by atoms with van der Waals surface area (Å²) >= 11 is 0. The summed E-state index contributed by atoms with van der Waals surface area (Å²) in [5.41, 5.74) is 1.22. The van der Waals surface area contributed by atoms with Gasteiger partial charge in [-0.15, -0.1) is 0 Å². The Bertz CT molecular complexity index is 679. The van der Waals surface area contributed by atoms with Crippen LogP contribution in [0.4, 0.5) is 0 Å². The summed E-state index contributed by atoms with van der Waals surface area (Å²) in [5, 5.41) is 7.11. The third kappa shape index (κ3) is 2.57. The Balaban J connectivity index is 1.54. The maximum absolute atomic E-state index is 12.9. The van der Waals surface area contributed by atoms with E-state index < -0.39 is 0 Å². The predicted molar refractivity (Wildman–Crippen MR) is 86.0 cm³/mol. The molecule has 122 valence electrons. The Morgan fingerprint density at radius 1 is 1.30 bits per heavy atom. The molecule has 2 aliphatic rings. The van der Waals surface area contributed by atoms with Crippen molar-refractivity contribution in [3.05, 3.63) is 30.2 Å². The average Bonchev–Trinajstić information content (AvgIpc) is 3.31. The van der Waals surface area contributed by atoms with E-state index in [1.807, 2.05) is 17.0 Å². The molecule has 2 atom stereocenters. The van der Waals surface area contributed by atoms with Gasteiger partial charge in [-0.25, -0.2) is 0 Å². The molecule has 0 radical (unpaired) electrons. The van der Waals surface area contributed by atoms with Crippen LogP contribution in [0.3, 0.4) is 0 Å². The van der Waals surface area contributed by atoms with Gasteiger partial charge in [-0.1, -0.05) is 0 Å². The molecular formula is C17H22N4O2. The molecule has 2 aliphatic heterocycles. The highest BCUT2D eigenvalue weighted by Gasteiger charge is 2.39. The molecule has 2 unspecified atom stereocenters. The fourth-order valence-corrected chi connectivity index (χ4v) is 4.00. The third-order valence-corrected chi connectivity index (χ3v) is 5.16. The standard InChI is InChI=1S/C17H22N4O2/c1-20-8-2-5-14(20)15-6-3-9-21(15)17(22)13-11-12(18-19-13)16-7-4-10-23-16/h4,7,10-11,14-15H,2-3,5-6,8-9H2,1H3,(H,18,19). The van der Waals surface area contributed by atoms with Gasteiger partial charge in [0.1, 0.15) is 5.69 Å². The summed E-state index contributed by atoms with van der Waals surface area (Å²) < 4.78 is 5.35. The zero-order valence-corrected chi connectivity index (χ0v) is 13.4. The van der Waals surface area contributed by atoms with Gasteiger partial charge >= 0.3 is 0 Å². The number of nitrogens with one attached hydrogen (secondary N) is 1. The van der Waals surface area contributed by atoms with Crippen LogP contribution >= 0.6 is 0 Å². The molecule has 2 saturated heterocycles. The molecule has 1 N–H and O–H groups in total. The summed E-state index contributed by atoms with van der Waals surface area (Å²) in [6.45, 7) is 1.96. The van der Waals surface area contributed by atoms with Crippen LogP contribution < -0.4 is 0 Å². The minimum absolute atomic E-state index is 0.0295. The van der Waals surface area contributed by atoms with E-state index in [4.69, 9.17) is 4.42 Å². The number of carbonyl (C=O) groups excluding carboxylic acids is 1. The number of aromatic nitrogens is 2. The molecule has 0 aliphatic carbocycles. The highest BCUT2D eigenvalue weighted by Crippen LogP contribution is 2.30. The van der Waals surface area contributed by atoms with Gasteiger partial charge < -0.3 is 14.2 Å². The molecule has 1 amide bonds. The molecule has 2 aromatic heterocycles. The van der Waals surface area contributed by atoms with Crippen molar-refractivity contribution >= 4 is 5.91 Å². The quantitative estimate of drug-likeness (QED) is 0.944. The molecule has 2 aromatic rings. The number of amides is 1. The minimum atomic E-state index is 0.0295. The Morgan fingerprint density at radius 2 is 2.13 bits per heavy atom. The lowest BCUT2D eigenvalue weighted by atomic mass is 10.0. The van der Waals surface area contributed by atoms with E-state index in [9.17, 15) is 4.79 Å². The van der Waals surface area contributed by atoms with Crippen LogP contribution in [0.5, 0.6) is 0 Å². The Morgan fingerprint density at radius 3 is 2.87 bits per heavy atom. The van der Waals surface area contributed by atoms with E-state index in [1.165, 1.54) is 12.8 Å². The van der Waals surface area contributed by atoms with E-state index in [2.05, 4.69) is 22.1 Å². The number of likely N-dealkylation sites (tertiary alicyclic amines) is 2. The first kappa shape index (κ1) is 14.5. The van der Waals surface area contributed by atoms with Gasteiger partial charge in [-0.3, -0.25) is 9.89 Å². The normalized spacial score (nSPS) is 25.3. The van der Waals surface area contributed by atoms with E-state index in [0.29, 0.717) is 23.5 Å². The van der Waals surface area contributed by atoms with Crippen molar-refractivity contribution in [2.24, 2.45) is 0 Å². The summed E-state index contributed by atoms with van der Waals surface area (Å²) in [7, 11) is 2.17. The maximum Gasteiger partial charge on any atom is 0.274 e. The SMILES string of the molecule is CN1CCCC1C1CCCN1C(=O)c1cc(-c2ccco2)[nH]n1. The lowest BCUT2D eigenvalue weighted by Gasteiger charge is -2.32. The molecule has 2 fully saturated rings. The second kappa shape index (κ2) is 5.85. The summed E-state index contributed by atoms with van der Waals surface area (Å²) in [5.74, 6) is 0.729. The second-order valence-electron chi connectivity index (χ2n) is 6.54. The molecule has 0 bridgehead atoms. The first-order chi connectivity index (χ1) is 11.2. The van der Waals surface area contributed by atoms with Gasteiger partial charge in [0.25, 0.3) is 5.91 Å². The summed E-state index contributed by atoms with van der Waals surface area (Å²) in [4.78, 5) is 17.3. The van der Waals surface area contributed by atoms with Crippen molar-refractivity contribution in [1.29, 1.82) is 0 Å². The Labute approximate surface area is 135 Å². The molecule has 0 spiro atoms. The van der Waals surface area contributed by atoms with Crippen LogP contribution in [0.25, 0.3) is 11.5 Å². The molecule has 0 saturated carbocycles. The smallest absolute Gasteiger partial charge is 0.274 e. The van der Waals surface area contributed by atoms with Crippen molar-refractivity contribution < 1.29 is 9.21 Å². The molecule has 4 rings (SSSR count). The zero-order chi connectivity index (χ0) is 15.8. The Kier molecular flexibility index (Phi) is 3.69. The van der Waals surface area contributed by atoms with Crippen LogP contribution in [-0.4, -0.2) is 58.1 Å². The van der Waals surface area contributed by atoms with E-state index in [-0.39, 0.29) is 5.91 Å². The largest absolute Gasteiger partial charge is 0.463 e. The van der Waals surface area contributed by atoms with Crippen LogP contribution in [0.15, 0.2) is 28.9 Å². The third-order valence-electron chi connectivity index (χ3n) is 5.16. The topological polar surface area (TPSA) is 65.4 Å². The van der Waals surface area contributed by atoms with Crippen molar-refractivity contribution in [2.45, 2.75) is 37.8 Å².